The van der Waals surface area contributed by atoms with E-state index in [4.69, 9.17) is 4.74 Å². The number of methoxy groups -OCH3 is 1. The molecule has 1 aliphatic heterocycles. The van der Waals surface area contributed by atoms with Crippen LogP contribution in [0.2, 0.25) is 0 Å². The van der Waals surface area contributed by atoms with Crippen molar-refractivity contribution >= 4 is 17.7 Å². The molecule has 2 rings (SSSR count). The Balaban J connectivity index is 2.03. The molecule has 1 saturated heterocycles. The molecular weight excluding hydrogens is 234 g/mol. The number of aryl methyl sites for hydroxylation is 1. The number of thioether (sulfide) groups is 1. The highest BCUT2D eigenvalue weighted by Gasteiger charge is 2.18. The molecule has 4 nitrogen and oxygen atoms in total. The van der Waals surface area contributed by atoms with Crippen LogP contribution in [0.25, 0.3) is 0 Å². The molecule has 1 aliphatic rings. The lowest BCUT2D eigenvalue weighted by Crippen LogP contribution is -2.19. The van der Waals surface area contributed by atoms with Gasteiger partial charge in [-0.25, -0.2) is 4.98 Å². The van der Waals surface area contributed by atoms with Crippen molar-refractivity contribution in [1.82, 2.24) is 9.55 Å². The van der Waals surface area contributed by atoms with Crippen molar-refractivity contribution in [3.63, 3.8) is 0 Å². The zero-order valence-corrected chi connectivity index (χ0v) is 11.4. The number of hydrogen-bond donors (Lipinski definition) is 1. The summed E-state index contributed by atoms with van der Waals surface area (Å²) in [7, 11) is 1.72. The maximum Gasteiger partial charge on any atom is 0.203 e. The van der Waals surface area contributed by atoms with E-state index in [0.29, 0.717) is 12.6 Å². The van der Waals surface area contributed by atoms with Crippen LogP contribution in [-0.4, -0.2) is 41.3 Å². The summed E-state index contributed by atoms with van der Waals surface area (Å²) in [6.45, 7) is 3.58. The first-order valence-electron chi connectivity index (χ1n) is 6.17. The Kier molecular flexibility index (Phi) is 4.74. The second kappa shape index (κ2) is 6.31. The van der Waals surface area contributed by atoms with E-state index in [1.165, 1.54) is 24.3 Å². The molecule has 0 radical (unpaired) electrons. The van der Waals surface area contributed by atoms with Gasteiger partial charge < -0.3 is 14.6 Å². The van der Waals surface area contributed by atoms with Crippen LogP contribution in [0.5, 0.6) is 0 Å². The fraction of sp³-hybridized carbons (Fsp3) is 0.750. The van der Waals surface area contributed by atoms with Gasteiger partial charge in [0.25, 0.3) is 0 Å². The number of hydrogen-bond acceptors (Lipinski definition) is 4. The summed E-state index contributed by atoms with van der Waals surface area (Å²) in [5.41, 5.74) is 1.08. The summed E-state index contributed by atoms with van der Waals surface area (Å²) in [5.74, 6) is 3.50. The zero-order valence-electron chi connectivity index (χ0n) is 10.6. The summed E-state index contributed by atoms with van der Waals surface area (Å²) in [5, 5.41) is 3.35. The van der Waals surface area contributed by atoms with Crippen LogP contribution in [0.15, 0.2) is 6.20 Å². The third kappa shape index (κ3) is 3.39. The highest BCUT2D eigenvalue weighted by atomic mass is 32.2. The predicted molar refractivity (Wildman–Crippen MR) is 72.9 cm³/mol. The average Bonchev–Trinajstić information content (AvgIpc) is 2.72. The van der Waals surface area contributed by atoms with Gasteiger partial charge in [0, 0.05) is 31.6 Å². The van der Waals surface area contributed by atoms with Crippen molar-refractivity contribution < 1.29 is 4.74 Å². The van der Waals surface area contributed by atoms with Crippen LogP contribution >= 0.6 is 11.8 Å². The SMILES string of the molecule is COCCNc1nc(C)cn1C1CCCSC1. The van der Waals surface area contributed by atoms with Crippen molar-refractivity contribution in [3.05, 3.63) is 11.9 Å². The Bertz CT molecular complexity index is 348. The van der Waals surface area contributed by atoms with E-state index in [9.17, 15) is 0 Å². The Morgan fingerprint density at radius 3 is 3.24 bits per heavy atom. The molecule has 1 N–H and O–H groups in total. The van der Waals surface area contributed by atoms with E-state index >= 15 is 0 Å². The molecule has 1 aromatic heterocycles. The van der Waals surface area contributed by atoms with E-state index in [-0.39, 0.29) is 0 Å². The topological polar surface area (TPSA) is 39.1 Å². The molecule has 0 spiro atoms. The Hall–Kier alpha value is -0.680. The zero-order chi connectivity index (χ0) is 12.1. The summed E-state index contributed by atoms with van der Waals surface area (Å²) in [6.07, 6.45) is 4.73. The molecule has 0 bridgehead atoms. The van der Waals surface area contributed by atoms with Crippen LogP contribution in [0, 0.1) is 6.92 Å². The van der Waals surface area contributed by atoms with Crippen molar-refractivity contribution in [2.24, 2.45) is 0 Å². The molecule has 1 atom stereocenters. The van der Waals surface area contributed by atoms with Gasteiger partial charge >= 0.3 is 0 Å². The van der Waals surface area contributed by atoms with Crippen molar-refractivity contribution in [2.75, 3.05) is 37.1 Å². The molecule has 2 heterocycles. The average molecular weight is 255 g/mol. The minimum absolute atomic E-state index is 0.597. The molecule has 0 aromatic carbocycles. The third-order valence-electron chi connectivity index (χ3n) is 2.97. The van der Waals surface area contributed by atoms with Gasteiger partial charge in [-0.15, -0.1) is 0 Å². The first kappa shape index (κ1) is 12.8. The van der Waals surface area contributed by atoms with Crippen LogP contribution < -0.4 is 5.32 Å². The minimum atomic E-state index is 0.597. The maximum atomic E-state index is 5.05. The lowest BCUT2D eigenvalue weighted by atomic mass is 10.2. The molecule has 1 fully saturated rings. The van der Waals surface area contributed by atoms with E-state index in [2.05, 4.69) is 21.1 Å². The van der Waals surface area contributed by atoms with E-state index in [1.54, 1.807) is 7.11 Å². The molecule has 1 aromatic rings. The summed E-state index contributed by atoms with van der Waals surface area (Å²) in [6, 6.07) is 0.597. The molecule has 1 unspecified atom stereocenters. The summed E-state index contributed by atoms with van der Waals surface area (Å²) in [4.78, 5) is 4.54. The third-order valence-corrected chi connectivity index (χ3v) is 4.17. The van der Waals surface area contributed by atoms with E-state index in [1.807, 2.05) is 18.7 Å². The first-order chi connectivity index (χ1) is 8.31. The molecule has 0 aliphatic carbocycles. The molecule has 0 saturated carbocycles. The molecule has 0 amide bonds. The number of rotatable bonds is 5. The van der Waals surface area contributed by atoms with Crippen LogP contribution in [0.1, 0.15) is 24.6 Å². The van der Waals surface area contributed by atoms with Gasteiger partial charge in [0.15, 0.2) is 0 Å². The monoisotopic (exact) mass is 255 g/mol. The fourth-order valence-electron chi connectivity index (χ4n) is 2.13. The van der Waals surface area contributed by atoms with Gasteiger partial charge in [-0.2, -0.15) is 11.8 Å². The second-order valence-corrected chi connectivity index (χ2v) is 5.55. The van der Waals surface area contributed by atoms with Gasteiger partial charge in [-0.05, 0) is 25.5 Å². The number of anilines is 1. The van der Waals surface area contributed by atoms with Gasteiger partial charge in [0.1, 0.15) is 0 Å². The smallest absolute Gasteiger partial charge is 0.203 e. The fourth-order valence-corrected chi connectivity index (χ4v) is 3.27. The summed E-state index contributed by atoms with van der Waals surface area (Å²) < 4.78 is 7.35. The standard InChI is InChI=1S/C12H21N3OS/c1-10-8-15(11-4-3-7-17-9-11)12(14-10)13-5-6-16-2/h8,11H,3-7,9H2,1-2H3,(H,13,14). The Morgan fingerprint density at radius 2 is 2.53 bits per heavy atom. The largest absolute Gasteiger partial charge is 0.383 e. The highest BCUT2D eigenvalue weighted by Crippen LogP contribution is 2.29. The maximum absolute atomic E-state index is 5.05. The van der Waals surface area contributed by atoms with Crippen LogP contribution in [0.4, 0.5) is 5.95 Å². The number of aromatic nitrogens is 2. The minimum Gasteiger partial charge on any atom is -0.383 e. The molecular formula is C12H21N3OS. The van der Waals surface area contributed by atoms with E-state index < -0.39 is 0 Å². The predicted octanol–water partition coefficient (Wildman–Crippen LogP) is 2.32. The molecule has 17 heavy (non-hydrogen) atoms. The Morgan fingerprint density at radius 1 is 1.65 bits per heavy atom. The van der Waals surface area contributed by atoms with Crippen LogP contribution in [-0.2, 0) is 4.74 Å². The van der Waals surface area contributed by atoms with Gasteiger partial charge in [0.05, 0.1) is 12.3 Å². The molecule has 96 valence electrons. The second-order valence-electron chi connectivity index (χ2n) is 4.40. The van der Waals surface area contributed by atoms with Crippen molar-refractivity contribution in [3.8, 4) is 0 Å². The molecule has 5 heteroatoms. The van der Waals surface area contributed by atoms with Crippen molar-refractivity contribution in [2.45, 2.75) is 25.8 Å². The highest BCUT2D eigenvalue weighted by molar-refractivity contribution is 7.99. The van der Waals surface area contributed by atoms with Crippen LogP contribution in [0.3, 0.4) is 0 Å². The van der Waals surface area contributed by atoms with Gasteiger partial charge in [0.2, 0.25) is 5.95 Å². The lowest BCUT2D eigenvalue weighted by Gasteiger charge is -2.24. The lowest BCUT2D eigenvalue weighted by molar-refractivity contribution is 0.210. The Labute approximate surface area is 107 Å². The number of imidazole rings is 1. The number of nitrogens with zero attached hydrogens (tertiary/aromatic N) is 2. The van der Waals surface area contributed by atoms with Crippen molar-refractivity contribution in [1.29, 1.82) is 0 Å². The number of nitrogens with one attached hydrogen (secondary N) is 1. The quantitative estimate of drug-likeness (QED) is 0.820. The van der Waals surface area contributed by atoms with Gasteiger partial charge in [-0.3, -0.25) is 0 Å². The summed E-state index contributed by atoms with van der Waals surface area (Å²) >= 11 is 2.04. The van der Waals surface area contributed by atoms with Gasteiger partial charge in [-0.1, -0.05) is 0 Å². The number of ether oxygens (including phenoxy) is 1. The van der Waals surface area contributed by atoms with E-state index in [0.717, 1.165) is 18.2 Å². The first-order valence-corrected chi connectivity index (χ1v) is 7.32. The normalized spacial score (nSPS) is 20.5.